The Morgan fingerprint density at radius 3 is 2.52 bits per heavy atom. The highest BCUT2D eigenvalue weighted by Gasteiger charge is 2.30. The summed E-state index contributed by atoms with van der Waals surface area (Å²) in [4.78, 5) is 25.0. The van der Waals surface area contributed by atoms with E-state index < -0.39 is 5.97 Å². The summed E-state index contributed by atoms with van der Waals surface area (Å²) in [7, 11) is 0. The molecule has 3 N–H and O–H groups in total. The number of hydrogen-bond donors (Lipinski definition) is 2. The number of aliphatic carboxylic acids is 1. The highest BCUT2D eigenvalue weighted by atomic mass is 35.5. The van der Waals surface area contributed by atoms with Gasteiger partial charge in [0.05, 0.1) is 0 Å². The average molecular weight is 311 g/mol. The summed E-state index contributed by atoms with van der Waals surface area (Å²) in [5, 5.41) is 9.53. The molecule has 1 aliphatic carbocycles. The van der Waals surface area contributed by atoms with E-state index in [-0.39, 0.29) is 24.4 Å². The first-order valence-corrected chi connectivity index (χ1v) is 7.39. The molecule has 1 aliphatic rings. The van der Waals surface area contributed by atoms with Gasteiger partial charge in [-0.2, -0.15) is 0 Å². The molecule has 1 aromatic rings. The molecule has 0 bridgehead atoms. The van der Waals surface area contributed by atoms with Gasteiger partial charge in [-0.05, 0) is 43.9 Å². The number of carbonyl (C=O) groups excluding carboxylic acids is 1. The van der Waals surface area contributed by atoms with Crippen molar-refractivity contribution in [1.82, 2.24) is 0 Å². The molecule has 21 heavy (non-hydrogen) atoms. The largest absolute Gasteiger partial charge is 0.480 e. The molecular formula is C15H19ClN2O3. The lowest BCUT2D eigenvalue weighted by Gasteiger charge is -2.30. The molecule has 6 heteroatoms. The number of amides is 1. The molecule has 1 fully saturated rings. The van der Waals surface area contributed by atoms with E-state index in [0.717, 1.165) is 12.8 Å². The summed E-state index contributed by atoms with van der Waals surface area (Å²) in [6.07, 6.45) is 3.01. The Bertz CT molecular complexity index is 527. The number of hydrogen-bond acceptors (Lipinski definition) is 3. The van der Waals surface area contributed by atoms with Crippen LogP contribution in [0.1, 0.15) is 25.7 Å². The van der Waals surface area contributed by atoms with Gasteiger partial charge >= 0.3 is 5.97 Å². The van der Waals surface area contributed by atoms with Crippen molar-refractivity contribution in [2.75, 3.05) is 11.4 Å². The summed E-state index contributed by atoms with van der Waals surface area (Å²) in [5.41, 5.74) is 6.37. The maximum Gasteiger partial charge on any atom is 0.323 e. The van der Waals surface area contributed by atoms with Gasteiger partial charge in [-0.1, -0.05) is 17.7 Å². The molecule has 0 atom stereocenters. The van der Waals surface area contributed by atoms with E-state index in [4.69, 9.17) is 22.4 Å². The minimum Gasteiger partial charge on any atom is -0.480 e. The van der Waals surface area contributed by atoms with E-state index in [1.807, 2.05) is 0 Å². The number of nitrogens with zero attached hydrogens (tertiary/aromatic N) is 1. The number of benzene rings is 1. The fourth-order valence-electron chi connectivity index (χ4n) is 2.66. The van der Waals surface area contributed by atoms with Crippen LogP contribution in [0.4, 0.5) is 5.69 Å². The van der Waals surface area contributed by atoms with Gasteiger partial charge in [-0.3, -0.25) is 9.59 Å². The van der Waals surface area contributed by atoms with Gasteiger partial charge in [0.25, 0.3) is 0 Å². The zero-order valence-electron chi connectivity index (χ0n) is 11.7. The first kappa shape index (κ1) is 15.8. The Hall–Kier alpha value is -1.59. The first-order chi connectivity index (χ1) is 9.97. The molecule has 0 heterocycles. The molecule has 5 nitrogen and oxygen atoms in total. The normalized spacial score (nSPS) is 21.8. The van der Waals surface area contributed by atoms with Crippen molar-refractivity contribution >= 4 is 29.2 Å². The first-order valence-electron chi connectivity index (χ1n) is 7.01. The summed E-state index contributed by atoms with van der Waals surface area (Å²) in [5.74, 6) is -1.37. The minimum absolute atomic E-state index is 0.146. The fourth-order valence-corrected chi connectivity index (χ4v) is 2.85. The lowest BCUT2D eigenvalue weighted by atomic mass is 9.85. The average Bonchev–Trinajstić information content (AvgIpc) is 2.44. The topological polar surface area (TPSA) is 83.6 Å². The van der Waals surface area contributed by atoms with Gasteiger partial charge < -0.3 is 15.7 Å². The number of carboxylic acids is 1. The maximum absolute atomic E-state index is 12.6. The van der Waals surface area contributed by atoms with Gasteiger partial charge in [0, 0.05) is 22.7 Å². The van der Waals surface area contributed by atoms with E-state index in [1.165, 1.54) is 4.90 Å². The van der Waals surface area contributed by atoms with Crippen LogP contribution >= 0.6 is 11.6 Å². The Labute approximate surface area is 128 Å². The predicted octanol–water partition coefficient (Wildman–Crippen LogP) is 2.28. The molecule has 0 spiro atoms. The van der Waals surface area contributed by atoms with Crippen molar-refractivity contribution < 1.29 is 14.7 Å². The zero-order chi connectivity index (χ0) is 15.4. The van der Waals surface area contributed by atoms with Crippen molar-refractivity contribution in [3.05, 3.63) is 29.3 Å². The second kappa shape index (κ2) is 6.91. The highest BCUT2D eigenvalue weighted by molar-refractivity contribution is 6.31. The molecule has 114 valence electrons. The molecule has 0 aromatic heterocycles. The monoisotopic (exact) mass is 310 g/mol. The zero-order valence-corrected chi connectivity index (χ0v) is 12.4. The number of halogens is 1. The van der Waals surface area contributed by atoms with E-state index in [0.29, 0.717) is 23.6 Å². The maximum atomic E-state index is 12.6. The Kier molecular flexibility index (Phi) is 5.20. The molecule has 0 saturated heterocycles. The molecule has 1 aromatic carbocycles. The Morgan fingerprint density at radius 2 is 1.95 bits per heavy atom. The summed E-state index contributed by atoms with van der Waals surface area (Å²) in [6, 6.07) is 6.84. The summed E-state index contributed by atoms with van der Waals surface area (Å²) < 4.78 is 0. The third-order valence-electron chi connectivity index (χ3n) is 3.80. The van der Waals surface area contributed by atoms with Gasteiger partial charge in [0.2, 0.25) is 5.91 Å². The van der Waals surface area contributed by atoms with Crippen molar-refractivity contribution in [2.45, 2.75) is 31.7 Å². The SMILES string of the molecule is NC1CCC(C(=O)N(CC(=O)O)c2cccc(Cl)c2)CC1. The smallest absolute Gasteiger partial charge is 0.323 e. The van der Waals surface area contributed by atoms with Crippen molar-refractivity contribution in [1.29, 1.82) is 0 Å². The summed E-state index contributed by atoms with van der Waals surface area (Å²) in [6.45, 7) is -0.359. The number of anilines is 1. The molecule has 2 rings (SSSR count). The molecular weight excluding hydrogens is 292 g/mol. The number of carboxylic acid groups (broad SMARTS) is 1. The predicted molar refractivity (Wildman–Crippen MR) is 81.4 cm³/mol. The van der Waals surface area contributed by atoms with Crippen molar-refractivity contribution in [2.24, 2.45) is 11.7 Å². The van der Waals surface area contributed by atoms with Crippen LogP contribution in [0.25, 0.3) is 0 Å². The van der Waals surface area contributed by atoms with Crippen molar-refractivity contribution in [3.63, 3.8) is 0 Å². The van der Waals surface area contributed by atoms with E-state index >= 15 is 0 Å². The van der Waals surface area contributed by atoms with Crippen LogP contribution in [-0.2, 0) is 9.59 Å². The fraction of sp³-hybridized carbons (Fsp3) is 0.467. The minimum atomic E-state index is -1.05. The van der Waals surface area contributed by atoms with E-state index in [9.17, 15) is 9.59 Å². The summed E-state index contributed by atoms with van der Waals surface area (Å²) >= 11 is 5.93. The number of rotatable bonds is 4. The van der Waals surface area contributed by atoms with Crippen LogP contribution in [0.3, 0.4) is 0 Å². The lowest BCUT2D eigenvalue weighted by Crippen LogP contribution is -2.42. The molecule has 1 saturated carbocycles. The molecule has 1 amide bonds. The molecule has 0 unspecified atom stereocenters. The third-order valence-corrected chi connectivity index (χ3v) is 4.04. The van der Waals surface area contributed by atoms with Crippen LogP contribution in [0.15, 0.2) is 24.3 Å². The van der Waals surface area contributed by atoms with Crippen LogP contribution in [-0.4, -0.2) is 29.6 Å². The van der Waals surface area contributed by atoms with Crippen LogP contribution in [0.2, 0.25) is 5.02 Å². The highest BCUT2D eigenvalue weighted by Crippen LogP contribution is 2.28. The van der Waals surface area contributed by atoms with Crippen LogP contribution < -0.4 is 10.6 Å². The van der Waals surface area contributed by atoms with Gasteiger partial charge in [0.1, 0.15) is 6.54 Å². The van der Waals surface area contributed by atoms with E-state index in [2.05, 4.69) is 0 Å². The van der Waals surface area contributed by atoms with E-state index in [1.54, 1.807) is 24.3 Å². The van der Waals surface area contributed by atoms with Gasteiger partial charge in [-0.15, -0.1) is 0 Å². The van der Waals surface area contributed by atoms with Gasteiger partial charge in [-0.25, -0.2) is 0 Å². The van der Waals surface area contributed by atoms with Crippen LogP contribution in [0, 0.1) is 5.92 Å². The third kappa shape index (κ3) is 4.19. The number of carbonyl (C=O) groups is 2. The van der Waals surface area contributed by atoms with Crippen LogP contribution in [0.5, 0.6) is 0 Å². The second-order valence-corrected chi connectivity index (χ2v) is 5.85. The Balaban J connectivity index is 2.19. The standard InChI is InChI=1S/C15H19ClN2O3/c16-11-2-1-3-13(8-11)18(9-14(19)20)15(21)10-4-6-12(17)7-5-10/h1-3,8,10,12H,4-7,9,17H2,(H,19,20). The number of nitrogens with two attached hydrogens (primary N) is 1. The lowest BCUT2D eigenvalue weighted by molar-refractivity contribution is -0.137. The Morgan fingerprint density at radius 1 is 1.29 bits per heavy atom. The molecule has 0 radical (unpaired) electrons. The van der Waals surface area contributed by atoms with Crippen molar-refractivity contribution in [3.8, 4) is 0 Å². The quantitative estimate of drug-likeness (QED) is 0.893. The molecule has 0 aliphatic heterocycles. The second-order valence-electron chi connectivity index (χ2n) is 5.41. The van der Waals surface area contributed by atoms with Gasteiger partial charge in [0.15, 0.2) is 0 Å².